The van der Waals surface area contributed by atoms with Crippen LogP contribution < -0.4 is 10.4 Å². The molecule has 282 valence electrons. The Morgan fingerprint density at radius 1 is 0.745 bits per heavy atom. The van der Waals surface area contributed by atoms with Crippen LogP contribution in [-0.4, -0.2) is 63.5 Å². The summed E-state index contributed by atoms with van der Waals surface area (Å²) in [5.41, 5.74) is 1.19. The van der Waals surface area contributed by atoms with Crippen molar-refractivity contribution in [3.63, 3.8) is 0 Å². The van der Waals surface area contributed by atoms with Crippen molar-refractivity contribution in [1.82, 2.24) is 0 Å². The lowest BCUT2D eigenvalue weighted by molar-refractivity contribution is -0.109. The van der Waals surface area contributed by atoms with E-state index in [1.54, 1.807) is 21.3 Å². The van der Waals surface area contributed by atoms with Gasteiger partial charge in [0.25, 0.3) is 8.32 Å². The number of methoxy groups -OCH3 is 3. The van der Waals surface area contributed by atoms with Gasteiger partial charge >= 0.3 is 0 Å². The van der Waals surface area contributed by atoms with Gasteiger partial charge in [-0.1, -0.05) is 155 Å². The van der Waals surface area contributed by atoms with E-state index in [9.17, 15) is 0 Å². The van der Waals surface area contributed by atoms with E-state index in [-0.39, 0.29) is 24.2 Å². The standard InChI is InChI=1S/C44H68O5Si2/c1-11-38(36-49-51(44(2,3)4,40-29-22-18-23-30-40)41-31-24-19-25-32-41)27-20-16-14-12-13-15-17-21-33-42(50(8,9)10)35-39(48-37-45-5)28-26-34-43(46-6)47-7/h11,14,16,18-25,27,29-33,35,39,43H,12-13,15,17,26,28,34,36-37H2,1-10H3/b16-14+,27-20+,33-21+,38-11-,42-35-/t39-/m0/s1. The molecule has 0 aliphatic rings. The number of ether oxygens (including phenoxy) is 4. The van der Waals surface area contributed by atoms with Crippen LogP contribution in [0.3, 0.4) is 0 Å². The monoisotopic (exact) mass is 732 g/mol. The first-order valence-electron chi connectivity index (χ1n) is 18.7. The van der Waals surface area contributed by atoms with Gasteiger partial charge in [-0.05, 0) is 72.9 Å². The van der Waals surface area contributed by atoms with Gasteiger partial charge < -0.3 is 23.4 Å². The molecule has 0 unspecified atom stereocenters. The Kier molecular flexibility index (Phi) is 20.8. The van der Waals surface area contributed by atoms with Crippen LogP contribution in [0.1, 0.15) is 72.6 Å². The fraction of sp³-hybridized carbons (Fsp3) is 0.500. The third kappa shape index (κ3) is 15.5. The number of hydrogen-bond acceptors (Lipinski definition) is 5. The highest BCUT2D eigenvalue weighted by Crippen LogP contribution is 2.37. The molecule has 0 fully saturated rings. The molecular weight excluding hydrogens is 665 g/mol. The van der Waals surface area contributed by atoms with E-state index < -0.39 is 16.4 Å². The molecule has 7 heteroatoms. The van der Waals surface area contributed by atoms with Gasteiger partial charge in [0.05, 0.1) is 20.8 Å². The van der Waals surface area contributed by atoms with E-state index in [0.717, 1.165) is 44.9 Å². The molecule has 2 aromatic rings. The molecule has 2 rings (SSSR count). The van der Waals surface area contributed by atoms with Crippen LogP contribution in [0.15, 0.2) is 120 Å². The Morgan fingerprint density at radius 3 is 1.84 bits per heavy atom. The highest BCUT2D eigenvalue weighted by molar-refractivity contribution is 6.99. The summed E-state index contributed by atoms with van der Waals surface area (Å²) in [6.07, 6.45) is 25.0. The van der Waals surface area contributed by atoms with Gasteiger partial charge in [0.1, 0.15) is 6.79 Å². The van der Waals surface area contributed by atoms with Crippen LogP contribution in [0.25, 0.3) is 0 Å². The lowest BCUT2D eigenvalue weighted by Crippen LogP contribution is -2.66. The zero-order chi connectivity index (χ0) is 37.6. The third-order valence-corrected chi connectivity index (χ3v) is 16.2. The van der Waals surface area contributed by atoms with Crippen LogP contribution in [0.2, 0.25) is 24.7 Å². The minimum atomic E-state index is -2.57. The maximum atomic E-state index is 7.13. The van der Waals surface area contributed by atoms with Gasteiger partial charge in [0, 0.05) is 21.3 Å². The van der Waals surface area contributed by atoms with Crippen molar-refractivity contribution >= 4 is 26.8 Å². The van der Waals surface area contributed by atoms with E-state index in [4.69, 9.17) is 23.4 Å². The van der Waals surface area contributed by atoms with Crippen molar-refractivity contribution in [1.29, 1.82) is 0 Å². The van der Waals surface area contributed by atoms with E-state index in [1.165, 1.54) is 21.1 Å². The minimum absolute atomic E-state index is 0.00865. The fourth-order valence-electron chi connectivity index (χ4n) is 6.21. The van der Waals surface area contributed by atoms with E-state index in [2.05, 4.69) is 157 Å². The number of benzene rings is 2. The maximum absolute atomic E-state index is 7.13. The molecule has 0 radical (unpaired) electrons. The van der Waals surface area contributed by atoms with Gasteiger partial charge in [-0.3, -0.25) is 0 Å². The van der Waals surface area contributed by atoms with Gasteiger partial charge in [-0.15, -0.1) is 0 Å². The van der Waals surface area contributed by atoms with Crippen LogP contribution in [0, 0.1) is 0 Å². The van der Waals surface area contributed by atoms with Crippen molar-refractivity contribution in [2.75, 3.05) is 34.7 Å². The SMILES string of the molecule is C/C=C(/C=C/C=C/CCCC/C=C/C(=C/[C@H](CCCC(OC)OC)OCOC)[Si](C)(C)C)CO[Si](c1ccccc1)(c1ccccc1)C(C)(C)C. The molecule has 0 spiro atoms. The third-order valence-electron chi connectivity index (χ3n) is 9.18. The van der Waals surface area contributed by atoms with Gasteiger partial charge in [-0.2, -0.15) is 0 Å². The Labute approximate surface area is 313 Å². The van der Waals surface area contributed by atoms with Crippen molar-refractivity contribution in [3.05, 3.63) is 120 Å². The zero-order valence-electron chi connectivity index (χ0n) is 33.5. The molecule has 0 amide bonds. The number of allylic oxidation sites excluding steroid dienone is 7. The highest BCUT2D eigenvalue weighted by atomic mass is 28.4. The Hall–Kier alpha value is -2.63. The normalized spacial score (nSPS) is 14.5. The summed E-state index contributed by atoms with van der Waals surface area (Å²) < 4.78 is 29.1. The Balaban J connectivity index is 1.94. The molecular formula is C44H68O5Si2. The lowest BCUT2D eigenvalue weighted by Gasteiger charge is -2.43. The van der Waals surface area contributed by atoms with Crippen molar-refractivity contribution in [2.45, 2.75) is 110 Å². The first kappa shape index (κ1) is 44.5. The number of rotatable bonds is 24. The van der Waals surface area contributed by atoms with Crippen LogP contribution in [0.5, 0.6) is 0 Å². The molecule has 0 aromatic heterocycles. The maximum Gasteiger partial charge on any atom is 0.261 e. The smallest absolute Gasteiger partial charge is 0.261 e. The number of unbranched alkanes of at least 4 members (excludes halogenated alkanes) is 3. The molecule has 0 N–H and O–H groups in total. The van der Waals surface area contributed by atoms with Gasteiger partial charge in [0.15, 0.2) is 6.29 Å². The highest BCUT2D eigenvalue weighted by Gasteiger charge is 2.50. The molecule has 0 aliphatic carbocycles. The summed E-state index contributed by atoms with van der Waals surface area (Å²) in [5, 5.41) is 3.99. The van der Waals surface area contributed by atoms with E-state index in [0.29, 0.717) is 6.61 Å². The molecule has 0 saturated carbocycles. The minimum Gasteiger partial charge on any atom is -0.403 e. The predicted octanol–water partition coefficient (Wildman–Crippen LogP) is 10.3. The van der Waals surface area contributed by atoms with Crippen molar-refractivity contribution in [3.8, 4) is 0 Å². The molecule has 0 aliphatic heterocycles. The lowest BCUT2D eigenvalue weighted by atomic mass is 10.1. The summed E-state index contributed by atoms with van der Waals surface area (Å²) in [4.78, 5) is 0. The summed E-state index contributed by atoms with van der Waals surface area (Å²) in [5.74, 6) is 0. The Bertz CT molecular complexity index is 1320. The van der Waals surface area contributed by atoms with Crippen molar-refractivity contribution in [2.24, 2.45) is 0 Å². The van der Waals surface area contributed by atoms with E-state index >= 15 is 0 Å². The fourth-order valence-corrected chi connectivity index (χ4v) is 12.1. The molecule has 1 atom stereocenters. The molecule has 0 heterocycles. The average Bonchev–Trinajstić information content (AvgIpc) is 3.11. The van der Waals surface area contributed by atoms with Gasteiger partial charge in [-0.25, -0.2) is 0 Å². The predicted molar refractivity (Wildman–Crippen MR) is 223 cm³/mol. The first-order chi connectivity index (χ1) is 24.4. The largest absolute Gasteiger partial charge is 0.403 e. The van der Waals surface area contributed by atoms with Crippen molar-refractivity contribution < 1.29 is 23.4 Å². The molecule has 5 nitrogen and oxygen atoms in total. The second kappa shape index (κ2) is 23.8. The van der Waals surface area contributed by atoms with E-state index in [1.807, 2.05) is 0 Å². The molecule has 2 aromatic carbocycles. The summed E-state index contributed by atoms with van der Waals surface area (Å²) >= 11 is 0. The molecule has 0 bridgehead atoms. The second-order valence-corrected chi connectivity index (χ2v) is 24.5. The average molecular weight is 733 g/mol. The summed E-state index contributed by atoms with van der Waals surface area (Å²) in [6, 6.07) is 21.7. The van der Waals surface area contributed by atoms with Gasteiger partial charge in [0.2, 0.25) is 0 Å². The second-order valence-electron chi connectivity index (χ2n) is 15.1. The van der Waals surface area contributed by atoms with Crippen LogP contribution >= 0.6 is 0 Å². The first-order valence-corrected chi connectivity index (χ1v) is 24.1. The molecule has 51 heavy (non-hydrogen) atoms. The van der Waals surface area contributed by atoms with Crippen LogP contribution in [-0.2, 0) is 23.4 Å². The quantitative estimate of drug-likeness (QED) is 0.0465. The molecule has 0 saturated heterocycles. The topological polar surface area (TPSA) is 46.2 Å². The van der Waals surface area contributed by atoms with Crippen LogP contribution in [0.4, 0.5) is 0 Å². The summed E-state index contributed by atoms with van der Waals surface area (Å²) in [7, 11) is 0.918. The number of hydrogen-bond donors (Lipinski definition) is 0. The Morgan fingerprint density at radius 2 is 1.33 bits per heavy atom. The zero-order valence-corrected chi connectivity index (χ0v) is 35.5. The summed E-state index contributed by atoms with van der Waals surface area (Å²) in [6.45, 7) is 17.1.